The first-order valence-corrected chi connectivity index (χ1v) is 12.8. The summed E-state index contributed by atoms with van der Waals surface area (Å²) in [5.41, 5.74) is 3.17. The zero-order valence-corrected chi connectivity index (χ0v) is 22.8. The lowest BCUT2D eigenvalue weighted by molar-refractivity contribution is 0.00578. The normalized spacial score (nSPS) is 24.9. The molecule has 0 unspecified atom stereocenters. The van der Waals surface area contributed by atoms with Crippen LogP contribution in [-0.2, 0) is 24.0 Å². The van der Waals surface area contributed by atoms with E-state index >= 15 is 0 Å². The number of benzene rings is 3. The van der Waals surface area contributed by atoms with Gasteiger partial charge in [-0.05, 0) is 99.0 Å². The lowest BCUT2D eigenvalue weighted by Gasteiger charge is -2.32. The molecule has 6 rings (SSSR count). The Balaban J connectivity index is 1.48. The molecule has 3 aliphatic rings. The van der Waals surface area contributed by atoms with Crippen molar-refractivity contribution in [1.82, 2.24) is 0 Å². The molecule has 0 radical (unpaired) electrons. The standard InChI is InChI=1S/C29H36B2O4/c1-25(2)21-15-19(30-32-26(3,4)27(5,6)33-30)13-17-11-12-18-14-20(16-22(25)24(18)23(17)21)31-34-28(7,8)29(9,10)35-31/h11-16H,1-10H3. The fourth-order valence-electron chi connectivity index (χ4n) is 5.74. The highest BCUT2D eigenvalue weighted by Crippen LogP contribution is 2.49. The van der Waals surface area contributed by atoms with Gasteiger partial charge in [0.1, 0.15) is 0 Å². The first-order valence-electron chi connectivity index (χ1n) is 12.8. The predicted molar refractivity (Wildman–Crippen MR) is 145 cm³/mol. The Labute approximate surface area is 209 Å². The van der Waals surface area contributed by atoms with E-state index in [-0.39, 0.29) is 42.1 Å². The van der Waals surface area contributed by atoms with Crippen LogP contribution < -0.4 is 10.9 Å². The van der Waals surface area contributed by atoms with Gasteiger partial charge >= 0.3 is 14.2 Å². The van der Waals surface area contributed by atoms with Gasteiger partial charge in [0, 0.05) is 5.41 Å². The molecule has 2 heterocycles. The maximum atomic E-state index is 6.42. The molecule has 0 bridgehead atoms. The van der Waals surface area contributed by atoms with E-state index in [4.69, 9.17) is 18.6 Å². The molecule has 0 spiro atoms. The van der Waals surface area contributed by atoms with Gasteiger partial charge in [-0.1, -0.05) is 50.2 Å². The van der Waals surface area contributed by atoms with E-state index in [1.807, 2.05) is 0 Å². The van der Waals surface area contributed by atoms with Crippen molar-refractivity contribution < 1.29 is 18.6 Å². The van der Waals surface area contributed by atoms with E-state index in [2.05, 4.69) is 106 Å². The third-order valence-electron chi connectivity index (χ3n) is 9.47. The number of rotatable bonds is 2. The average Bonchev–Trinajstić information content (AvgIpc) is 3.21. The molecule has 0 amide bonds. The van der Waals surface area contributed by atoms with Crippen molar-refractivity contribution in [3.63, 3.8) is 0 Å². The highest BCUT2D eigenvalue weighted by molar-refractivity contribution is 6.63. The Kier molecular flexibility index (Phi) is 4.52. The summed E-state index contributed by atoms with van der Waals surface area (Å²) in [6.07, 6.45) is 0. The smallest absolute Gasteiger partial charge is 0.399 e. The number of hydrogen-bond donors (Lipinski definition) is 0. The van der Waals surface area contributed by atoms with Crippen molar-refractivity contribution in [1.29, 1.82) is 0 Å². The van der Waals surface area contributed by atoms with Gasteiger partial charge in [-0.25, -0.2) is 0 Å². The van der Waals surface area contributed by atoms with Crippen LogP contribution in [0.2, 0.25) is 0 Å². The lowest BCUT2D eigenvalue weighted by Crippen LogP contribution is -2.41. The van der Waals surface area contributed by atoms with Gasteiger partial charge in [0.25, 0.3) is 0 Å². The molecular formula is C29H36B2O4. The molecule has 0 N–H and O–H groups in total. The average molecular weight is 470 g/mol. The highest BCUT2D eigenvalue weighted by Gasteiger charge is 2.53. The molecule has 35 heavy (non-hydrogen) atoms. The quantitative estimate of drug-likeness (QED) is 0.380. The van der Waals surface area contributed by atoms with Crippen molar-refractivity contribution in [2.45, 2.75) is 97.1 Å². The topological polar surface area (TPSA) is 36.9 Å². The van der Waals surface area contributed by atoms with Gasteiger partial charge in [-0.15, -0.1) is 0 Å². The molecule has 2 fully saturated rings. The third-order valence-corrected chi connectivity index (χ3v) is 9.47. The van der Waals surface area contributed by atoms with E-state index in [9.17, 15) is 0 Å². The molecule has 2 saturated heterocycles. The van der Waals surface area contributed by atoms with Crippen LogP contribution in [0.1, 0.15) is 80.4 Å². The Morgan fingerprint density at radius 3 is 1.11 bits per heavy atom. The van der Waals surface area contributed by atoms with E-state index in [1.54, 1.807) is 0 Å². The molecule has 4 nitrogen and oxygen atoms in total. The second-order valence-electron chi connectivity index (χ2n) is 13.2. The second kappa shape index (κ2) is 6.72. The Bertz CT molecular complexity index is 1270. The van der Waals surface area contributed by atoms with Crippen molar-refractivity contribution in [3.8, 4) is 0 Å². The van der Waals surface area contributed by atoms with Gasteiger partial charge in [0.2, 0.25) is 0 Å². The molecule has 0 aromatic heterocycles. The first-order chi connectivity index (χ1) is 16.0. The van der Waals surface area contributed by atoms with Gasteiger partial charge in [0.05, 0.1) is 22.4 Å². The molecule has 3 aromatic carbocycles. The maximum absolute atomic E-state index is 6.42. The van der Waals surface area contributed by atoms with Crippen molar-refractivity contribution in [3.05, 3.63) is 47.5 Å². The minimum Gasteiger partial charge on any atom is -0.399 e. The molecule has 0 atom stereocenters. The summed E-state index contributed by atoms with van der Waals surface area (Å²) in [5, 5.41) is 5.14. The Morgan fingerprint density at radius 2 is 0.800 bits per heavy atom. The van der Waals surface area contributed by atoms with Gasteiger partial charge < -0.3 is 18.6 Å². The van der Waals surface area contributed by atoms with Crippen LogP contribution in [0.4, 0.5) is 0 Å². The van der Waals surface area contributed by atoms with Crippen molar-refractivity contribution in [2.24, 2.45) is 0 Å². The van der Waals surface area contributed by atoms with Gasteiger partial charge in [-0.3, -0.25) is 0 Å². The summed E-state index contributed by atoms with van der Waals surface area (Å²) < 4.78 is 25.7. The second-order valence-corrected chi connectivity index (χ2v) is 13.2. The van der Waals surface area contributed by atoms with E-state index in [1.165, 1.54) is 32.7 Å². The molecule has 182 valence electrons. The SMILES string of the molecule is CC1(C)c2cc(B3OC(C)(C)C(C)(C)O3)cc3ccc4cc(B5OC(C)(C)C(C)(C)O5)cc1c4c23. The lowest BCUT2D eigenvalue weighted by atomic mass is 9.72. The molecule has 1 aliphatic carbocycles. The van der Waals surface area contributed by atoms with Crippen LogP contribution in [-0.4, -0.2) is 36.6 Å². The van der Waals surface area contributed by atoms with Crippen LogP contribution in [0.15, 0.2) is 36.4 Å². The minimum atomic E-state index is -0.379. The summed E-state index contributed by atoms with van der Waals surface area (Å²) >= 11 is 0. The fraction of sp³-hybridized carbons (Fsp3) is 0.517. The maximum Gasteiger partial charge on any atom is 0.494 e. The fourth-order valence-corrected chi connectivity index (χ4v) is 5.74. The monoisotopic (exact) mass is 470 g/mol. The molecule has 0 saturated carbocycles. The zero-order chi connectivity index (χ0) is 25.3. The van der Waals surface area contributed by atoms with Crippen LogP contribution in [0.5, 0.6) is 0 Å². The predicted octanol–water partition coefficient (Wildman–Crippen LogP) is 5.23. The van der Waals surface area contributed by atoms with E-state index in [0.29, 0.717) is 0 Å². The van der Waals surface area contributed by atoms with E-state index in [0.717, 1.165) is 10.9 Å². The van der Waals surface area contributed by atoms with E-state index < -0.39 is 0 Å². The van der Waals surface area contributed by atoms with Crippen molar-refractivity contribution >= 4 is 46.7 Å². The minimum absolute atomic E-state index is 0.167. The summed E-state index contributed by atoms with van der Waals surface area (Å²) in [5.74, 6) is 0. The van der Waals surface area contributed by atoms with Crippen molar-refractivity contribution in [2.75, 3.05) is 0 Å². The molecule has 6 heteroatoms. The summed E-state index contributed by atoms with van der Waals surface area (Å²) in [4.78, 5) is 0. The molecule has 2 aliphatic heterocycles. The van der Waals surface area contributed by atoms with Gasteiger partial charge in [0.15, 0.2) is 0 Å². The molecule has 3 aromatic rings. The van der Waals surface area contributed by atoms with Crippen LogP contribution in [0, 0.1) is 0 Å². The van der Waals surface area contributed by atoms with Crippen LogP contribution >= 0.6 is 0 Å². The zero-order valence-electron chi connectivity index (χ0n) is 22.8. The largest absolute Gasteiger partial charge is 0.494 e. The third kappa shape index (κ3) is 3.10. The summed E-state index contributed by atoms with van der Waals surface area (Å²) in [6.45, 7) is 21.5. The molecular weight excluding hydrogens is 434 g/mol. The van der Waals surface area contributed by atoms with Crippen LogP contribution in [0.25, 0.3) is 21.5 Å². The Hall–Kier alpha value is -1.85. The highest BCUT2D eigenvalue weighted by atomic mass is 16.7. The van der Waals surface area contributed by atoms with Crippen LogP contribution in [0.3, 0.4) is 0 Å². The summed E-state index contributed by atoms with van der Waals surface area (Å²) in [6, 6.07) is 13.6. The Morgan fingerprint density at radius 1 is 0.486 bits per heavy atom. The van der Waals surface area contributed by atoms with Gasteiger partial charge in [-0.2, -0.15) is 0 Å². The first kappa shape index (κ1) is 23.5. The summed E-state index contributed by atoms with van der Waals surface area (Å²) in [7, 11) is -0.757. The number of hydrogen-bond acceptors (Lipinski definition) is 4.